The fraction of sp³-hybridized carbons (Fsp3) is 0.381. The third-order valence-electron chi connectivity index (χ3n) is 4.78. The number of hydrogen-bond donors (Lipinski definition) is 0. The van der Waals surface area contributed by atoms with Crippen LogP contribution in [0.25, 0.3) is 0 Å². The van der Waals surface area contributed by atoms with Gasteiger partial charge in [-0.3, -0.25) is 4.79 Å². The smallest absolute Gasteiger partial charge is 0.223 e. The first-order valence-electron chi connectivity index (χ1n) is 8.88. The largest absolute Gasteiger partial charge is 0.495 e. The summed E-state index contributed by atoms with van der Waals surface area (Å²) in [5, 5.41) is 0. The number of nitrogens with zero attached hydrogens (tertiary/aromatic N) is 2. The van der Waals surface area contributed by atoms with E-state index in [2.05, 4.69) is 36.1 Å². The molecule has 1 aliphatic heterocycles. The zero-order chi connectivity index (χ0) is 17.6. The van der Waals surface area contributed by atoms with E-state index in [1.165, 1.54) is 11.1 Å². The van der Waals surface area contributed by atoms with Gasteiger partial charge in [0.2, 0.25) is 5.91 Å². The number of carbonyl (C=O) groups is 1. The zero-order valence-electron chi connectivity index (χ0n) is 15.1. The van der Waals surface area contributed by atoms with Crippen LogP contribution in [-0.4, -0.2) is 44.1 Å². The van der Waals surface area contributed by atoms with Gasteiger partial charge in [-0.15, -0.1) is 0 Å². The number of carbonyl (C=O) groups excluding carboxylic acids is 1. The number of amides is 1. The van der Waals surface area contributed by atoms with Crippen molar-refractivity contribution in [2.24, 2.45) is 0 Å². The molecule has 1 fully saturated rings. The fourth-order valence-corrected chi connectivity index (χ4v) is 3.30. The Kier molecular flexibility index (Phi) is 5.59. The monoisotopic (exact) mass is 338 g/mol. The van der Waals surface area contributed by atoms with Crippen LogP contribution in [0.2, 0.25) is 0 Å². The Hall–Kier alpha value is -2.49. The number of hydrogen-bond acceptors (Lipinski definition) is 3. The molecule has 1 aliphatic rings. The summed E-state index contributed by atoms with van der Waals surface area (Å²) >= 11 is 0. The zero-order valence-corrected chi connectivity index (χ0v) is 15.1. The SMILES string of the molecule is COc1ccc(C)cc1N1CCN(C(=O)CCc2ccccc2)CC1. The molecular formula is C21H26N2O2. The maximum absolute atomic E-state index is 12.5. The molecule has 3 rings (SSSR count). The molecule has 1 saturated heterocycles. The Morgan fingerprint density at radius 1 is 1.04 bits per heavy atom. The predicted octanol–water partition coefficient (Wildman–Crippen LogP) is 3.29. The first-order valence-corrected chi connectivity index (χ1v) is 8.88. The van der Waals surface area contributed by atoms with Crippen molar-refractivity contribution < 1.29 is 9.53 Å². The number of benzene rings is 2. The van der Waals surface area contributed by atoms with Crippen molar-refractivity contribution in [3.05, 3.63) is 59.7 Å². The van der Waals surface area contributed by atoms with Crippen molar-refractivity contribution in [3.8, 4) is 5.75 Å². The van der Waals surface area contributed by atoms with Crippen molar-refractivity contribution >= 4 is 11.6 Å². The van der Waals surface area contributed by atoms with Crippen LogP contribution in [0.15, 0.2) is 48.5 Å². The van der Waals surface area contributed by atoms with E-state index in [9.17, 15) is 4.79 Å². The van der Waals surface area contributed by atoms with Crippen LogP contribution in [0.5, 0.6) is 5.75 Å². The summed E-state index contributed by atoms with van der Waals surface area (Å²) in [6, 6.07) is 16.4. The minimum Gasteiger partial charge on any atom is -0.495 e. The fourth-order valence-electron chi connectivity index (χ4n) is 3.30. The molecule has 4 nitrogen and oxygen atoms in total. The van der Waals surface area contributed by atoms with Gasteiger partial charge >= 0.3 is 0 Å². The van der Waals surface area contributed by atoms with Crippen molar-refractivity contribution in [2.75, 3.05) is 38.2 Å². The molecule has 0 spiro atoms. The van der Waals surface area contributed by atoms with Crippen LogP contribution >= 0.6 is 0 Å². The Morgan fingerprint density at radius 2 is 1.76 bits per heavy atom. The second-order valence-corrected chi connectivity index (χ2v) is 6.53. The number of rotatable bonds is 5. The van der Waals surface area contributed by atoms with Crippen LogP contribution in [0.3, 0.4) is 0 Å². The van der Waals surface area contributed by atoms with E-state index in [1.807, 2.05) is 29.2 Å². The van der Waals surface area contributed by atoms with Gasteiger partial charge in [-0.2, -0.15) is 0 Å². The quantitative estimate of drug-likeness (QED) is 0.839. The van der Waals surface area contributed by atoms with E-state index in [1.54, 1.807) is 7.11 Å². The highest BCUT2D eigenvalue weighted by Crippen LogP contribution is 2.30. The Bertz CT molecular complexity index is 707. The Labute approximate surface area is 150 Å². The molecule has 2 aromatic rings. The van der Waals surface area contributed by atoms with Crippen molar-refractivity contribution in [1.29, 1.82) is 0 Å². The molecule has 0 unspecified atom stereocenters. The van der Waals surface area contributed by atoms with Gasteiger partial charge in [0.05, 0.1) is 12.8 Å². The van der Waals surface area contributed by atoms with E-state index >= 15 is 0 Å². The summed E-state index contributed by atoms with van der Waals surface area (Å²) in [6.07, 6.45) is 1.39. The molecule has 0 radical (unpaired) electrons. The maximum atomic E-state index is 12.5. The maximum Gasteiger partial charge on any atom is 0.223 e. The van der Waals surface area contributed by atoms with E-state index in [0.29, 0.717) is 6.42 Å². The minimum atomic E-state index is 0.250. The molecule has 0 atom stereocenters. The number of ether oxygens (including phenoxy) is 1. The molecule has 132 valence electrons. The van der Waals surface area contributed by atoms with Gasteiger partial charge in [0.25, 0.3) is 0 Å². The molecule has 1 heterocycles. The van der Waals surface area contributed by atoms with E-state index in [0.717, 1.165) is 44.0 Å². The Balaban J connectivity index is 1.55. The van der Waals surface area contributed by atoms with Crippen molar-refractivity contribution in [3.63, 3.8) is 0 Å². The number of piperazine rings is 1. The molecule has 25 heavy (non-hydrogen) atoms. The van der Waals surface area contributed by atoms with Crippen LogP contribution in [0.1, 0.15) is 17.5 Å². The molecule has 4 heteroatoms. The predicted molar refractivity (Wildman–Crippen MR) is 101 cm³/mol. The van der Waals surface area contributed by atoms with Gasteiger partial charge < -0.3 is 14.5 Å². The van der Waals surface area contributed by atoms with Crippen LogP contribution < -0.4 is 9.64 Å². The molecule has 2 aromatic carbocycles. The van der Waals surface area contributed by atoms with Crippen LogP contribution in [-0.2, 0) is 11.2 Å². The van der Waals surface area contributed by atoms with Gasteiger partial charge in [-0.05, 0) is 36.6 Å². The van der Waals surface area contributed by atoms with Gasteiger partial charge in [-0.1, -0.05) is 36.4 Å². The summed E-state index contributed by atoms with van der Waals surface area (Å²) in [6.45, 7) is 5.31. The minimum absolute atomic E-state index is 0.250. The lowest BCUT2D eigenvalue weighted by molar-refractivity contribution is -0.131. The topological polar surface area (TPSA) is 32.8 Å². The first kappa shape index (κ1) is 17.3. The van der Waals surface area contributed by atoms with Crippen LogP contribution in [0, 0.1) is 6.92 Å². The third kappa shape index (κ3) is 4.32. The normalized spacial score (nSPS) is 14.5. The van der Waals surface area contributed by atoms with Gasteiger partial charge in [0.15, 0.2) is 0 Å². The standard InChI is InChI=1S/C21H26N2O2/c1-17-8-10-20(25-2)19(16-17)22-12-14-23(15-13-22)21(24)11-9-18-6-4-3-5-7-18/h3-8,10,16H,9,11-15H2,1-2H3. The molecule has 0 saturated carbocycles. The molecule has 0 bridgehead atoms. The summed E-state index contributed by atoms with van der Waals surface area (Å²) in [5.41, 5.74) is 3.56. The van der Waals surface area contributed by atoms with Crippen molar-refractivity contribution in [2.45, 2.75) is 19.8 Å². The average Bonchev–Trinajstić information content (AvgIpc) is 2.67. The second-order valence-electron chi connectivity index (χ2n) is 6.53. The molecular weight excluding hydrogens is 312 g/mol. The lowest BCUT2D eigenvalue weighted by Gasteiger charge is -2.36. The lowest BCUT2D eigenvalue weighted by Crippen LogP contribution is -2.49. The molecule has 1 amide bonds. The van der Waals surface area contributed by atoms with Crippen molar-refractivity contribution in [1.82, 2.24) is 4.90 Å². The molecule has 0 aliphatic carbocycles. The summed E-state index contributed by atoms with van der Waals surface area (Å²) in [4.78, 5) is 16.8. The highest BCUT2D eigenvalue weighted by Gasteiger charge is 2.22. The molecule has 0 aromatic heterocycles. The second kappa shape index (κ2) is 8.06. The van der Waals surface area contributed by atoms with Gasteiger partial charge in [0, 0.05) is 32.6 Å². The highest BCUT2D eigenvalue weighted by molar-refractivity contribution is 5.77. The number of methoxy groups -OCH3 is 1. The lowest BCUT2D eigenvalue weighted by atomic mass is 10.1. The van der Waals surface area contributed by atoms with E-state index in [-0.39, 0.29) is 5.91 Å². The summed E-state index contributed by atoms with van der Waals surface area (Å²) in [7, 11) is 1.71. The first-order chi connectivity index (χ1) is 12.2. The van der Waals surface area contributed by atoms with Gasteiger partial charge in [0.1, 0.15) is 5.75 Å². The number of anilines is 1. The highest BCUT2D eigenvalue weighted by atomic mass is 16.5. The molecule has 0 N–H and O–H groups in total. The summed E-state index contributed by atoms with van der Waals surface area (Å²) in [5.74, 6) is 1.15. The third-order valence-corrected chi connectivity index (χ3v) is 4.78. The van der Waals surface area contributed by atoms with E-state index < -0.39 is 0 Å². The van der Waals surface area contributed by atoms with Crippen LogP contribution in [0.4, 0.5) is 5.69 Å². The average molecular weight is 338 g/mol. The van der Waals surface area contributed by atoms with Gasteiger partial charge in [-0.25, -0.2) is 0 Å². The summed E-state index contributed by atoms with van der Waals surface area (Å²) < 4.78 is 5.49. The number of aryl methyl sites for hydroxylation is 2. The van der Waals surface area contributed by atoms with E-state index in [4.69, 9.17) is 4.74 Å². The Morgan fingerprint density at radius 3 is 2.44 bits per heavy atom.